The van der Waals surface area contributed by atoms with Gasteiger partial charge in [-0.1, -0.05) is 12.1 Å². The molecule has 0 saturated carbocycles. The third kappa shape index (κ3) is 6.17. The van der Waals surface area contributed by atoms with Gasteiger partial charge in [-0.15, -0.1) is 0 Å². The summed E-state index contributed by atoms with van der Waals surface area (Å²) in [7, 11) is 6.11. The minimum Gasteiger partial charge on any atom is -0.493 e. The van der Waals surface area contributed by atoms with Gasteiger partial charge in [-0.2, -0.15) is 10.2 Å². The number of nitrogens with zero attached hydrogens (tertiary/aromatic N) is 2. The van der Waals surface area contributed by atoms with Crippen LogP contribution in [0.4, 0.5) is 0 Å². The first-order valence-electron chi connectivity index (χ1n) is 10.7. The van der Waals surface area contributed by atoms with Gasteiger partial charge in [-0.25, -0.2) is 10.9 Å². The first-order valence-corrected chi connectivity index (χ1v) is 10.7. The average Bonchev–Trinajstić information content (AvgIpc) is 2.92. The third-order valence-electron chi connectivity index (χ3n) is 5.02. The molecule has 3 aromatic carbocycles. The molecule has 0 spiro atoms. The number of carbonyl (C=O) groups excluding carboxylic acids is 2. The molecular formula is C26H26N4O6. The van der Waals surface area contributed by atoms with Gasteiger partial charge in [0, 0.05) is 22.3 Å². The van der Waals surface area contributed by atoms with Crippen LogP contribution < -0.4 is 29.8 Å². The van der Waals surface area contributed by atoms with Gasteiger partial charge in [-0.3, -0.25) is 9.59 Å². The highest BCUT2D eigenvalue weighted by Gasteiger charge is 2.11. The second-order valence-electron chi connectivity index (χ2n) is 7.14. The molecule has 0 bridgehead atoms. The molecule has 0 aliphatic carbocycles. The van der Waals surface area contributed by atoms with E-state index in [1.54, 1.807) is 36.4 Å². The largest absolute Gasteiger partial charge is 0.493 e. The van der Waals surface area contributed by atoms with Gasteiger partial charge >= 0.3 is 0 Å². The van der Waals surface area contributed by atoms with E-state index in [0.717, 1.165) is 0 Å². The minimum absolute atomic E-state index is 0.325. The lowest BCUT2D eigenvalue weighted by Crippen LogP contribution is -2.19. The molecule has 3 rings (SSSR count). The van der Waals surface area contributed by atoms with Crippen LogP contribution in [0, 0.1) is 0 Å². The molecule has 10 heteroatoms. The summed E-state index contributed by atoms with van der Waals surface area (Å²) in [5.74, 6) is 1.22. The van der Waals surface area contributed by atoms with Crippen LogP contribution in [0.2, 0.25) is 0 Å². The molecule has 0 aliphatic rings. The molecule has 0 heterocycles. The van der Waals surface area contributed by atoms with Gasteiger partial charge in [0.25, 0.3) is 11.8 Å². The van der Waals surface area contributed by atoms with Crippen molar-refractivity contribution in [2.45, 2.75) is 0 Å². The number of carbonyl (C=O) groups is 2. The van der Waals surface area contributed by atoms with Gasteiger partial charge in [-0.05, 0) is 48.5 Å². The quantitative estimate of drug-likeness (QED) is 0.333. The Morgan fingerprint density at radius 3 is 1.33 bits per heavy atom. The zero-order chi connectivity index (χ0) is 25.9. The Labute approximate surface area is 208 Å². The molecule has 0 unspecified atom stereocenters. The second-order valence-corrected chi connectivity index (χ2v) is 7.14. The third-order valence-corrected chi connectivity index (χ3v) is 5.02. The maximum Gasteiger partial charge on any atom is 0.271 e. The molecule has 0 aliphatic heterocycles. The summed E-state index contributed by atoms with van der Waals surface area (Å²) < 4.78 is 21.2. The molecule has 0 saturated heterocycles. The Hall–Kier alpha value is -4.86. The predicted molar refractivity (Wildman–Crippen MR) is 136 cm³/mol. The van der Waals surface area contributed by atoms with Crippen LogP contribution in [0.15, 0.2) is 70.9 Å². The van der Waals surface area contributed by atoms with E-state index in [2.05, 4.69) is 21.1 Å². The van der Waals surface area contributed by atoms with Gasteiger partial charge in [0.05, 0.1) is 40.9 Å². The van der Waals surface area contributed by atoms with Crippen LogP contribution in [0.3, 0.4) is 0 Å². The zero-order valence-corrected chi connectivity index (χ0v) is 20.3. The second kappa shape index (κ2) is 12.6. The number of nitrogens with one attached hydrogen (secondary N) is 2. The van der Waals surface area contributed by atoms with Crippen LogP contribution in [0.25, 0.3) is 0 Å². The Morgan fingerprint density at radius 1 is 0.611 bits per heavy atom. The smallest absolute Gasteiger partial charge is 0.271 e. The molecule has 0 atom stereocenters. The summed E-state index contributed by atoms with van der Waals surface area (Å²) in [6.45, 7) is 0. The number of hydrazone groups is 2. The lowest BCUT2D eigenvalue weighted by molar-refractivity contribution is 0.0943. The summed E-state index contributed by atoms with van der Waals surface area (Å²) >= 11 is 0. The maximum absolute atomic E-state index is 12.4. The van der Waals surface area contributed by atoms with Crippen LogP contribution in [0.5, 0.6) is 23.0 Å². The SMILES string of the molecule is COc1cccc(/C=N/NC(=O)c2ccc(C(=O)N/N=C/c3cccc(OC)c3OC)cc2)c1OC. The van der Waals surface area contributed by atoms with Gasteiger partial charge in [0.2, 0.25) is 0 Å². The number of para-hydroxylation sites is 2. The van der Waals surface area contributed by atoms with Gasteiger partial charge in [0.1, 0.15) is 0 Å². The number of rotatable bonds is 10. The Morgan fingerprint density at radius 2 is 1.00 bits per heavy atom. The first-order chi connectivity index (χ1) is 17.5. The molecule has 0 radical (unpaired) electrons. The fourth-order valence-corrected chi connectivity index (χ4v) is 3.25. The molecule has 2 N–H and O–H groups in total. The van der Waals surface area contributed by atoms with Crippen molar-refractivity contribution in [2.75, 3.05) is 28.4 Å². The van der Waals surface area contributed by atoms with E-state index in [-0.39, 0.29) is 0 Å². The fourth-order valence-electron chi connectivity index (χ4n) is 3.25. The number of amides is 2. The lowest BCUT2D eigenvalue weighted by atomic mass is 10.1. The van der Waals surface area contributed by atoms with E-state index in [1.807, 2.05) is 0 Å². The summed E-state index contributed by atoms with van der Waals surface area (Å²) in [5, 5.41) is 7.96. The number of benzene rings is 3. The predicted octanol–water partition coefficient (Wildman–Crippen LogP) is 3.25. The van der Waals surface area contributed by atoms with E-state index in [0.29, 0.717) is 45.3 Å². The van der Waals surface area contributed by atoms with E-state index in [1.165, 1.54) is 65.1 Å². The molecule has 3 aromatic rings. The lowest BCUT2D eigenvalue weighted by Gasteiger charge is -2.09. The molecule has 0 fully saturated rings. The van der Waals surface area contributed by atoms with Crippen LogP contribution in [-0.4, -0.2) is 52.7 Å². The van der Waals surface area contributed by atoms with Crippen molar-refractivity contribution in [3.63, 3.8) is 0 Å². The Bertz CT molecular complexity index is 1170. The first kappa shape index (κ1) is 25.8. The van der Waals surface area contributed by atoms with Gasteiger partial charge in [0.15, 0.2) is 23.0 Å². The average molecular weight is 491 g/mol. The van der Waals surface area contributed by atoms with Crippen molar-refractivity contribution in [3.8, 4) is 23.0 Å². The highest BCUT2D eigenvalue weighted by molar-refractivity contribution is 5.98. The summed E-state index contributed by atoms with van der Waals surface area (Å²) in [5.41, 5.74) is 6.81. The van der Waals surface area contributed by atoms with E-state index in [9.17, 15) is 9.59 Å². The molecule has 0 aromatic heterocycles. The van der Waals surface area contributed by atoms with Gasteiger partial charge < -0.3 is 18.9 Å². The highest BCUT2D eigenvalue weighted by atomic mass is 16.5. The van der Waals surface area contributed by atoms with Crippen molar-refractivity contribution in [1.82, 2.24) is 10.9 Å². The number of ether oxygens (including phenoxy) is 4. The van der Waals surface area contributed by atoms with Crippen molar-refractivity contribution in [2.24, 2.45) is 10.2 Å². The van der Waals surface area contributed by atoms with Crippen molar-refractivity contribution in [1.29, 1.82) is 0 Å². The van der Waals surface area contributed by atoms with Crippen LogP contribution >= 0.6 is 0 Å². The molecule has 36 heavy (non-hydrogen) atoms. The molecule has 186 valence electrons. The summed E-state index contributed by atoms with van der Waals surface area (Å²) in [4.78, 5) is 24.8. The fraction of sp³-hybridized carbons (Fsp3) is 0.154. The van der Waals surface area contributed by atoms with Crippen molar-refractivity contribution in [3.05, 3.63) is 82.9 Å². The van der Waals surface area contributed by atoms with Crippen molar-refractivity contribution < 1.29 is 28.5 Å². The topological polar surface area (TPSA) is 120 Å². The van der Waals surface area contributed by atoms with Crippen molar-refractivity contribution >= 4 is 24.2 Å². The summed E-state index contributed by atoms with van der Waals surface area (Å²) in [6, 6.07) is 16.7. The van der Waals surface area contributed by atoms with Crippen LogP contribution in [0.1, 0.15) is 31.8 Å². The van der Waals surface area contributed by atoms with E-state index >= 15 is 0 Å². The molecule has 10 nitrogen and oxygen atoms in total. The maximum atomic E-state index is 12.4. The van der Waals surface area contributed by atoms with E-state index in [4.69, 9.17) is 18.9 Å². The normalized spacial score (nSPS) is 10.8. The number of methoxy groups -OCH3 is 4. The minimum atomic E-state index is -0.441. The highest BCUT2D eigenvalue weighted by Crippen LogP contribution is 2.30. The monoisotopic (exact) mass is 490 g/mol. The summed E-state index contributed by atoms with van der Waals surface area (Å²) in [6.07, 6.45) is 2.91. The Kier molecular flexibility index (Phi) is 8.99. The molecular weight excluding hydrogens is 464 g/mol. The molecule has 2 amide bonds. The Balaban J connectivity index is 1.60. The zero-order valence-electron chi connectivity index (χ0n) is 20.3. The van der Waals surface area contributed by atoms with Crippen LogP contribution in [-0.2, 0) is 0 Å². The number of hydrogen-bond acceptors (Lipinski definition) is 8. The number of hydrogen-bond donors (Lipinski definition) is 2. The van der Waals surface area contributed by atoms with E-state index < -0.39 is 11.8 Å². The standard InChI is InChI=1S/C26H26N4O6/c1-33-21-9-5-7-19(23(21)35-3)15-27-29-25(31)17-11-13-18(14-12-17)26(32)30-28-16-20-8-6-10-22(34-2)24(20)36-4/h5-16H,1-4H3,(H,29,31)(H,30,32)/b27-15+,28-16+.